The van der Waals surface area contributed by atoms with E-state index in [1.54, 1.807) is 4.90 Å². The lowest BCUT2D eigenvalue weighted by atomic mass is 10.0. The number of aromatic nitrogens is 1. The molecule has 0 atom stereocenters. The molecule has 0 unspecified atom stereocenters. The molecule has 0 fully saturated rings. The number of fused-ring (bicyclic) bond motifs is 1. The summed E-state index contributed by atoms with van der Waals surface area (Å²) in [6, 6.07) is 3.39. The number of nitrogens with zero attached hydrogens (tertiary/aromatic N) is 2. The van der Waals surface area contributed by atoms with E-state index in [9.17, 15) is 18.0 Å². The fourth-order valence-electron chi connectivity index (χ4n) is 2.50. The summed E-state index contributed by atoms with van der Waals surface area (Å²) in [5.41, 5.74) is 1.82. The number of carboxylic acids is 1. The highest BCUT2D eigenvalue weighted by atomic mass is 19.2. The van der Waals surface area contributed by atoms with Crippen molar-refractivity contribution in [1.82, 2.24) is 4.98 Å². The fraction of sp³-hybridized carbons (Fsp3) is 0.200. The van der Waals surface area contributed by atoms with Crippen LogP contribution in [0, 0.1) is 17.5 Å². The average molecular weight is 308 g/mol. The number of benzene rings is 1. The maximum Gasteiger partial charge on any atom is 0.354 e. The van der Waals surface area contributed by atoms with Crippen molar-refractivity contribution >= 4 is 11.7 Å². The minimum atomic E-state index is -1.49. The molecule has 0 bridgehead atoms. The lowest BCUT2D eigenvalue weighted by Crippen LogP contribution is -2.31. The van der Waals surface area contributed by atoms with Gasteiger partial charge in [-0.25, -0.2) is 22.9 Å². The van der Waals surface area contributed by atoms with Gasteiger partial charge < -0.3 is 10.0 Å². The number of halogens is 3. The van der Waals surface area contributed by atoms with Gasteiger partial charge in [-0.2, -0.15) is 0 Å². The summed E-state index contributed by atoms with van der Waals surface area (Å²) in [5, 5.41) is 8.91. The molecule has 4 nitrogen and oxygen atoms in total. The quantitative estimate of drug-likeness (QED) is 0.867. The van der Waals surface area contributed by atoms with Crippen LogP contribution in [0.2, 0.25) is 0 Å². The van der Waals surface area contributed by atoms with Gasteiger partial charge in [-0.15, -0.1) is 0 Å². The predicted molar refractivity (Wildman–Crippen MR) is 72.3 cm³/mol. The number of pyridine rings is 1. The van der Waals surface area contributed by atoms with E-state index in [4.69, 9.17) is 5.11 Å². The molecule has 0 saturated heterocycles. The van der Waals surface area contributed by atoms with Gasteiger partial charge in [0.1, 0.15) is 5.69 Å². The standard InChI is InChI=1S/C15H11F3N2O2/c16-11-4-10(5-12(17)14(11)18)20-2-1-8-3-13(15(21)22)19-6-9(8)7-20/h3-6H,1-2,7H2,(H,21,22). The van der Waals surface area contributed by atoms with Crippen molar-refractivity contribution < 1.29 is 23.1 Å². The van der Waals surface area contributed by atoms with Crippen LogP contribution >= 0.6 is 0 Å². The highest BCUT2D eigenvalue weighted by Gasteiger charge is 2.21. The number of hydrogen-bond donors (Lipinski definition) is 1. The van der Waals surface area contributed by atoms with Crippen LogP contribution in [0.4, 0.5) is 18.9 Å². The van der Waals surface area contributed by atoms with E-state index >= 15 is 0 Å². The molecule has 7 heteroatoms. The summed E-state index contributed by atoms with van der Waals surface area (Å²) in [6.45, 7) is 0.771. The second kappa shape index (κ2) is 5.32. The van der Waals surface area contributed by atoms with E-state index in [1.807, 2.05) is 0 Å². The number of rotatable bonds is 2. The van der Waals surface area contributed by atoms with Crippen LogP contribution < -0.4 is 4.90 Å². The normalized spacial score (nSPS) is 13.9. The van der Waals surface area contributed by atoms with Gasteiger partial charge in [0.05, 0.1) is 0 Å². The molecule has 22 heavy (non-hydrogen) atoms. The van der Waals surface area contributed by atoms with Gasteiger partial charge in [-0.3, -0.25) is 0 Å². The Morgan fingerprint density at radius 3 is 2.45 bits per heavy atom. The highest BCUT2D eigenvalue weighted by Crippen LogP contribution is 2.27. The summed E-state index contributed by atoms with van der Waals surface area (Å²) in [6.07, 6.45) is 1.96. The summed E-state index contributed by atoms with van der Waals surface area (Å²) < 4.78 is 39.6. The third-order valence-corrected chi connectivity index (χ3v) is 3.65. The number of anilines is 1. The SMILES string of the molecule is O=C(O)c1cc2c(cn1)CN(c1cc(F)c(F)c(F)c1)CC2. The van der Waals surface area contributed by atoms with E-state index < -0.39 is 23.4 Å². The molecule has 114 valence electrons. The van der Waals surface area contributed by atoms with Crippen LogP contribution in [-0.4, -0.2) is 22.6 Å². The van der Waals surface area contributed by atoms with E-state index in [0.717, 1.165) is 23.3 Å². The first-order valence-electron chi connectivity index (χ1n) is 6.56. The van der Waals surface area contributed by atoms with Crippen molar-refractivity contribution in [3.05, 3.63) is 58.7 Å². The molecule has 1 N–H and O–H groups in total. The third kappa shape index (κ3) is 2.49. The Labute approximate surface area is 123 Å². The topological polar surface area (TPSA) is 53.4 Å². The van der Waals surface area contributed by atoms with Gasteiger partial charge in [-0.1, -0.05) is 0 Å². The van der Waals surface area contributed by atoms with Crippen molar-refractivity contribution in [2.45, 2.75) is 13.0 Å². The van der Waals surface area contributed by atoms with Crippen LogP contribution in [-0.2, 0) is 13.0 Å². The Morgan fingerprint density at radius 2 is 1.82 bits per heavy atom. The predicted octanol–water partition coefficient (Wildman–Crippen LogP) is 2.76. The van der Waals surface area contributed by atoms with Gasteiger partial charge in [-0.05, 0) is 23.6 Å². The molecular formula is C15H11F3N2O2. The molecule has 2 aromatic rings. The molecule has 2 heterocycles. The fourth-order valence-corrected chi connectivity index (χ4v) is 2.50. The lowest BCUT2D eigenvalue weighted by molar-refractivity contribution is 0.0690. The number of hydrogen-bond acceptors (Lipinski definition) is 3. The minimum Gasteiger partial charge on any atom is -0.477 e. The van der Waals surface area contributed by atoms with Crippen LogP contribution in [0.25, 0.3) is 0 Å². The Morgan fingerprint density at radius 1 is 1.14 bits per heavy atom. The van der Waals surface area contributed by atoms with E-state index in [0.29, 0.717) is 19.5 Å². The maximum absolute atomic E-state index is 13.3. The van der Waals surface area contributed by atoms with Gasteiger partial charge in [0.2, 0.25) is 0 Å². The van der Waals surface area contributed by atoms with Crippen molar-refractivity contribution in [2.24, 2.45) is 0 Å². The summed E-state index contributed by atoms with van der Waals surface area (Å²) >= 11 is 0. The Balaban J connectivity index is 1.90. The van der Waals surface area contributed by atoms with Crippen LogP contribution in [0.1, 0.15) is 21.6 Å². The van der Waals surface area contributed by atoms with Gasteiger partial charge in [0.15, 0.2) is 17.5 Å². The highest BCUT2D eigenvalue weighted by molar-refractivity contribution is 5.85. The molecule has 0 radical (unpaired) electrons. The second-order valence-corrected chi connectivity index (χ2v) is 5.04. The van der Waals surface area contributed by atoms with E-state index in [-0.39, 0.29) is 11.4 Å². The van der Waals surface area contributed by atoms with Gasteiger partial charge in [0.25, 0.3) is 0 Å². The van der Waals surface area contributed by atoms with Crippen molar-refractivity contribution in [3.63, 3.8) is 0 Å². The monoisotopic (exact) mass is 308 g/mol. The van der Waals surface area contributed by atoms with Crippen LogP contribution in [0.5, 0.6) is 0 Å². The molecule has 0 saturated carbocycles. The first-order valence-corrected chi connectivity index (χ1v) is 6.56. The zero-order valence-corrected chi connectivity index (χ0v) is 11.3. The van der Waals surface area contributed by atoms with Gasteiger partial charge >= 0.3 is 5.97 Å². The third-order valence-electron chi connectivity index (χ3n) is 3.65. The van der Waals surface area contributed by atoms with Crippen LogP contribution in [0.3, 0.4) is 0 Å². The van der Waals surface area contributed by atoms with Crippen molar-refractivity contribution in [3.8, 4) is 0 Å². The van der Waals surface area contributed by atoms with Crippen molar-refractivity contribution in [2.75, 3.05) is 11.4 Å². The first kappa shape index (κ1) is 14.4. The number of carboxylic acid groups (broad SMARTS) is 1. The first-order chi connectivity index (χ1) is 10.5. The number of carbonyl (C=O) groups is 1. The lowest BCUT2D eigenvalue weighted by Gasteiger charge is -2.30. The zero-order valence-electron chi connectivity index (χ0n) is 11.3. The van der Waals surface area contributed by atoms with Gasteiger partial charge in [0, 0.05) is 37.1 Å². The summed E-state index contributed by atoms with van der Waals surface area (Å²) in [5.74, 6) is -5.07. The second-order valence-electron chi connectivity index (χ2n) is 5.04. The molecule has 0 spiro atoms. The Hall–Kier alpha value is -2.57. The van der Waals surface area contributed by atoms with Crippen molar-refractivity contribution in [1.29, 1.82) is 0 Å². The number of aromatic carboxylic acids is 1. The molecule has 1 aromatic heterocycles. The van der Waals surface area contributed by atoms with E-state index in [2.05, 4.69) is 4.98 Å². The van der Waals surface area contributed by atoms with Crippen LogP contribution in [0.15, 0.2) is 24.4 Å². The minimum absolute atomic E-state index is 0.0360. The maximum atomic E-state index is 13.3. The Bertz CT molecular complexity index is 741. The molecule has 1 aliphatic rings. The zero-order chi connectivity index (χ0) is 15.9. The average Bonchev–Trinajstić information content (AvgIpc) is 2.51. The molecule has 1 aliphatic heterocycles. The molecule has 1 aromatic carbocycles. The molecular weight excluding hydrogens is 297 g/mol. The largest absolute Gasteiger partial charge is 0.477 e. The molecule has 0 aliphatic carbocycles. The smallest absolute Gasteiger partial charge is 0.354 e. The van der Waals surface area contributed by atoms with E-state index in [1.165, 1.54) is 12.3 Å². The molecule has 0 amide bonds. The Kier molecular flexibility index (Phi) is 3.48. The summed E-state index contributed by atoms with van der Waals surface area (Å²) in [7, 11) is 0. The molecule has 3 rings (SSSR count). The summed E-state index contributed by atoms with van der Waals surface area (Å²) in [4.78, 5) is 16.4.